The average molecular weight is 316 g/mol. The Hall–Kier alpha value is -2.74. The third-order valence-corrected chi connectivity index (χ3v) is 4.33. The fraction of sp³-hybridized carbons (Fsp3) is 0.0714. The van der Waals surface area contributed by atoms with Gasteiger partial charge in [0.25, 0.3) is 5.91 Å². The summed E-state index contributed by atoms with van der Waals surface area (Å²) in [5.74, 6) is -0.659. The minimum absolute atomic E-state index is 0.133. The average Bonchev–Trinajstić information content (AvgIpc) is 2.89. The molecule has 0 fully saturated rings. The lowest BCUT2D eigenvalue weighted by Gasteiger charge is -2.07. The molecule has 2 N–H and O–H groups in total. The molecule has 0 saturated heterocycles. The van der Waals surface area contributed by atoms with E-state index >= 15 is 0 Å². The van der Waals surface area contributed by atoms with Crippen molar-refractivity contribution in [2.45, 2.75) is 4.90 Å². The minimum atomic E-state index is -3.40. The first-order valence-electron chi connectivity index (χ1n) is 6.32. The van der Waals surface area contributed by atoms with E-state index in [0.29, 0.717) is 16.9 Å². The molecule has 22 heavy (non-hydrogen) atoms. The van der Waals surface area contributed by atoms with Crippen LogP contribution in [0.15, 0.2) is 47.5 Å². The Morgan fingerprint density at radius 1 is 1.18 bits per heavy atom. The van der Waals surface area contributed by atoms with Gasteiger partial charge in [-0.1, -0.05) is 18.2 Å². The van der Waals surface area contributed by atoms with Crippen LogP contribution >= 0.6 is 0 Å². The lowest BCUT2D eigenvalue weighted by Crippen LogP contribution is -2.15. The monoisotopic (exact) mass is 316 g/mol. The molecule has 2 heterocycles. The maximum absolute atomic E-state index is 11.9. The van der Waals surface area contributed by atoms with Crippen molar-refractivity contribution in [3.8, 4) is 11.3 Å². The number of amides is 1. The number of aromatic nitrogens is 3. The molecule has 3 aromatic rings. The number of carbonyl (C=O) groups excluding carboxylic acids is 1. The maximum Gasteiger partial charge on any atom is 0.269 e. The van der Waals surface area contributed by atoms with Gasteiger partial charge in [0.1, 0.15) is 5.69 Å². The Bertz CT molecular complexity index is 992. The number of nitrogens with zero attached hydrogens (tertiary/aromatic N) is 3. The third-order valence-electron chi connectivity index (χ3n) is 3.18. The highest BCUT2D eigenvalue weighted by atomic mass is 32.2. The SMILES string of the molecule is CS(=O)(=O)c1ccccc1-c1ccc2ncc(C(N)=O)n2n1. The normalized spacial score (nSPS) is 11.7. The number of nitrogens with two attached hydrogens (primary N) is 1. The molecule has 7 nitrogen and oxygen atoms in total. The van der Waals surface area contributed by atoms with Crippen molar-refractivity contribution in [1.29, 1.82) is 0 Å². The zero-order chi connectivity index (χ0) is 15.9. The summed E-state index contributed by atoms with van der Waals surface area (Å²) in [5, 5.41) is 4.29. The molecule has 0 radical (unpaired) electrons. The molecule has 1 amide bonds. The van der Waals surface area contributed by atoms with Gasteiger partial charge in [-0.3, -0.25) is 4.79 Å². The Morgan fingerprint density at radius 2 is 1.91 bits per heavy atom. The van der Waals surface area contributed by atoms with Crippen molar-refractivity contribution < 1.29 is 13.2 Å². The first kappa shape index (κ1) is 14.2. The molecule has 0 atom stereocenters. The summed E-state index contributed by atoms with van der Waals surface area (Å²) in [6.07, 6.45) is 2.47. The summed E-state index contributed by atoms with van der Waals surface area (Å²) in [5.41, 5.74) is 6.73. The molecule has 0 saturated carbocycles. The van der Waals surface area contributed by atoms with E-state index in [1.54, 1.807) is 30.3 Å². The number of benzene rings is 1. The van der Waals surface area contributed by atoms with Crippen LogP contribution in [0.1, 0.15) is 10.5 Å². The van der Waals surface area contributed by atoms with Crippen molar-refractivity contribution in [2.24, 2.45) is 5.73 Å². The fourth-order valence-electron chi connectivity index (χ4n) is 2.19. The van der Waals surface area contributed by atoms with Gasteiger partial charge in [0.2, 0.25) is 0 Å². The van der Waals surface area contributed by atoms with E-state index in [4.69, 9.17) is 5.73 Å². The Morgan fingerprint density at radius 3 is 2.59 bits per heavy atom. The van der Waals surface area contributed by atoms with E-state index < -0.39 is 15.7 Å². The molecule has 1 aromatic carbocycles. The first-order chi connectivity index (χ1) is 10.4. The van der Waals surface area contributed by atoms with Crippen LogP contribution in [-0.4, -0.2) is 35.2 Å². The van der Waals surface area contributed by atoms with E-state index in [9.17, 15) is 13.2 Å². The highest BCUT2D eigenvalue weighted by Crippen LogP contribution is 2.25. The number of carbonyl (C=O) groups is 1. The van der Waals surface area contributed by atoms with Crippen molar-refractivity contribution in [3.05, 3.63) is 48.3 Å². The van der Waals surface area contributed by atoms with E-state index in [1.165, 1.54) is 16.8 Å². The summed E-state index contributed by atoms with van der Waals surface area (Å²) in [4.78, 5) is 15.6. The number of hydrogen-bond acceptors (Lipinski definition) is 5. The summed E-state index contributed by atoms with van der Waals surface area (Å²) >= 11 is 0. The number of fused-ring (bicyclic) bond motifs is 1. The zero-order valence-electron chi connectivity index (χ0n) is 11.6. The first-order valence-corrected chi connectivity index (χ1v) is 8.21. The molecular formula is C14H12N4O3S. The number of hydrogen-bond donors (Lipinski definition) is 1. The minimum Gasteiger partial charge on any atom is -0.364 e. The van der Waals surface area contributed by atoms with Crippen molar-refractivity contribution in [3.63, 3.8) is 0 Å². The Balaban J connectivity index is 2.28. The van der Waals surface area contributed by atoms with Gasteiger partial charge in [-0.15, -0.1) is 0 Å². The van der Waals surface area contributed by atoms with Gasteiger partial charge in [0.15, 0.2) is 15.5 Å². The predicted molar refractivity (Wildman–Crippen MR) is 80.1 cm³/mol. The summed E-state index contributed by atoms with van der Waals surface area (Å²) < 4.78 is 25.1. The fourth-order valence-corrected chi connectivity index (χ4v) is 3.08. The van der Waals surface area contributed by atoms with E-state index in [0.717, 1.165) is 6.26 Å². The van der Waals surface area contributed by atoms with Crippen LogP contribution < -0.4 is 5.73 Å². The van der Waals surface area contributed by atoms with Crippen molar-refractivity contribution in [1.82, 2.24) is 14.6 Å². The summed E-state index contributed by atoms with van der Waals surface area (Å²) in [6.45, 7) is 0. The predicted octanol–water partition coefficient (Wildman–Crippen LogP) is 0.899. The third kappa shape index (κ3) is 2.33. The van der Waals surface area contributed by atoms with Crippen molar-refractivity contribution in [2.75, 3.05) is 6.26 Å². The molecule has 0 aliphatic heterocycles. The summed E-state index contributed by atoms with van der Waals surface area (Å²) in [7, 11) is -3.40. The number of sulfone groups is 1. The second-order valence-corrected chi connectivity index (χ2v) is 6.75. The molecule has 0 bridgehead atoms. The highest BCUT2D eigenvalue weighted by molar-refractivity contribution is 7.90. The topological polar surface area (TPSA) is 107 Å². The lowest BCUT2D eigenvalue weighted by molar-refractivity contribution is 0.0993. The molecule has 0 unspecified atom stereocenters. The van der Waals surface area contributed by atoms with Gasteiger partial charge in [-0.2, -0.15) is 5.10 Å². The molecule has 2 aromatic heterocycles. The van der Waals surface area contributed by atoms with Gasteiger partial charge < -0.3 is 5.73 Å². The van der Waals surface area contributed by atoms with Crippen LogP contribution in [0.25, 0.3) is 16.9 Å². The highest BCUT2D eigenvalue weighted by Gasteiger charge is 2.16. The van der Waals surface area contributed by atoms with Crippen LogP contribution in [0.4, 0.5) is 0 Å². The van der Waals surface area contributed by atoms with Gasteiger partial charge in [0.05, 0.1) is 16.8 Å². The molecule has 112 valence electrons. The molecule has 8 heteroatoms. The number of rotatable bonds is 3. The molecular weight excluding hydrogens is 304 g/mol. The van der Waals surface area contributed by atoms with Crippen LogP contribution in [0.2, 0.25) is 0 Å². The zero-order valence-corrected chi connectivity index (χ0v) is 12.4. The molecule has 3 rings (SSSR count). The van der Waals surface area contributed by atoms with Gasteiger partial charge in [-0.25, -0.2) is 17.9 Å². The van der Waals surface area contributed by atoms with E-state index in [2.05, 4.69) is 10.1 Å². The molecule has 0 aliphatic rings. The van der Waals surface area contributed by atoms with Gasteiger partial charge >= 0.3 is 0 Å². The number of primary amides is 1. The lowest BCUT2D eigenvalue weighted by atomic mass is 10.1. The smallest absolute Gasteiger partial charge is 0.269 e. The largest absolute Gasteiger partial charge is 0.364 e. The molecule has 0 spiro atoms. The Labute approximate surface area is 126 Å². The quantitative estimate of drug-likeness (QED) is 0.772. The second-order valence-electron chi connectivity index (χ2n) is 4.76. The van der Waals surface area contributed by atoms with Crippen LogP contribution in [0, 0.1) is 0 Å². The second kappa shape index (κ2) is 4.92. The summed E-state index contributed by atoms with van der Waals surface area (Å²) in [6, 6.07) is 9.83. The number of imidazole rings is 1. The van der Waals surface area contributed by atoms with Crippen LogP contribution in [0.3, 0.4) is 0 Å². The standard InChI is InChI=1S/C14H12N4O3S/c1-22(20,21)12-5-3-2-4-9(12)10-6-7-13-16-8-11(14(15)19)18(13)17-10/h2-8H,1H3,(H2,15,19). The maximum atomic E-state index is 11.9. The van der Waals surface area contributed by atoms with Crippen LogP contribution in [-0.2, 0) is 9.84 Å². The van der Waals surface area contributed by atoms with E-state index in [-0.39, 0.29) is 10.6 Å². The van der Waals surface area contributed by atoms with Crippen LogP contribution in [0.5, 0.6) is 0 Å². The van der Waals surface area contributed by atoms with Gasteiger partial charge in [-0.05, 0) is 18.2 Å². The Kier molecular flexibility index (Phi) is 3.18. The van der Waals surface area contributed by atoms with Crippen molar-refractivity contribution >= 4 is 21.4 Å². The molecule has 0 aliphatic carbocycles. The van der Waals surface area contributed by atoms with Gasteiger partial charge in [0, 0.05) is 11.8 Å². The van der Waals surface area contributed by atoms with E-state index in [1.807, 2.05) is 0 Å².